The minimum atomic E-state index is 0.0219. The van der Waals surface area contributed by atoms with E-state index in [1.165, 1.54) is 49.7 Å². The first-order valence-corrected chi connectivity index (χ1v) is 12.1. The van der Waals surface area contributed by atoms with Crippen molar-refractivity contribution >= 4 is 11.6 Å². The van der Waals surface area contributed by atoms with Gasteiger partial charge in [-0.25, -0.2) is 0 Å². The molecule has 1 aromatic rings. The van der Waals surface area contributed by atoms with Crippen molar-refractivity contribution in [2.45, 2.75) is 97.3 Å². The first-order chi connectivity index (χ1) is 14.0. The van der Waals surface area contributed by atoms with Gasteiger partial charge in [-0.15, -0.1) is 0 Å². The molecule has 1 aromatic carbocycles. The second kappa shape index (κ2) is 10.5. The van der Waals surface area contributed by atoms with Gasteiger partial charge < -0.3 is 0 Å². The molecule has 0 bridgehead atoms. The Morgan fingerprint density at radius 1 is 1.00 bits per heavy atom. The third-order valence-electron chi connectivity index (χ3n) is 7.97. The maximum atomic E-state index is 12.9. The summed E-state index contributed by atoms with van der Waals surface area (Å²) in [6.45, 7) is 6.39. The zero-order chi connectivity index (χ0) is 20.8. The van der Waals surface area contributed by atoms with Crippen molar-refractivity contribution < 1.29 is 9.59 Å². The van der Waals surface area contributed by atoms with E-state index in [-0.39, 0.29) is 17.8 Å². The van der Waals surface area contributed by atoms with Crippen molar-refractivity contribution in [2.24, 2.45) is 23.7 Å². The first kappa shape index (κ1) is 22.2. The summed E-state index contributed by atoms with van der Waals surface area (Å²) in [6, 6.07) is 8.44. The van der Waals surface area contributed by atoms with Crippen LogP contribution in [0.1, 0.15) is 102 Å². The molecule has 0 heterocycles. The van der Waals surface area contributed by atoms with Crippen molar-refractivity contribution in [2.75, 3.05) is 0 Å². The van der Waals surface area contributed by atoms with Crippen LogP contribution >= 0.6 is 0 Å². The van der Waals surface area contributed by atoms with Crippen LogP contribution in [0.3, 0.4) is 0 Å². The molecule has 0 radical (unpaired) electrons. The van der Waals surface area contributed by atoms with Crippen LogP contribution in [0.15, 0.2) is 24.3 Å². The van der Waals surface area contributed by atoms with E-state index in [2.05, 4.69) is 45.0 Å². The summed E-state index contributed by atoms with van der Waals surface area (Å²) in [5, 5.41) is 0. The first-order valence-electron chi connectivity index (χ1n) is 12.1. The molecule has 29 heavy (non-hydrogen) atoms. The number of hydrogen-bond acceptors (Lipinski definition) is 2. The maximum absolute atomic E-state index is 12.9. The summed E-state index contributed by atoms with van der Waals surface area (Å²) in [7, 11) is 0. The van der Waals surface area contributed by atoms with Crippen LogP contribution < -0.4 is 0 Å². The van der Waals surface area contributed by atoms with Crippen LogP contribution in [0.25, 0.3) is 0 Å². The number of fused-ring (bicyclic) bond motifs is 1. The van der Waals surface area contributed by atoms with Gasteiger partial charge >= 0.3 is 0 Å². The molecule has 2 aliphatic carbocycles. The standard InChI is InChI=1S/C27H40O2/c1-4-22(23-14-7-5-11-19(23)2)20(3)26(28)17-10-18-27(29)25-16-9-13-21-12-6-8-15-24(21)25/h5,7,11,14,20-22,24-25H,4,6,8-10,12-13,15-18H2,1-3H3. The van der Waals surface area contributed by atoms with Gasteiger partial charge in [0.2, 0.25) is 0 Å². The molecule has 0 N–H and O–H groups in total. The van der Waals surface area contributed by atoms with Crippen molar-refractivity contribution in [3.63, 3.8) is 0 Å². The normalized spacial score (nSPS) is 26.4. The van der Waals surface area contributed by atoms with Crippen molar-refractivity contribution in [1.82, 2.24) is 0 Å². The Labute approximate surface area is 177 Å². The molecule has 2 heteroatoms. The molecule has 2 nitrogen and oxygen atoms in total. The van der Waals surface area contributed by atoms with Gasteiger partial charge in [0.25, 0.3) is 0 Å². The summed E-state index contributed by atoms with van der Waals surface area (Å²) in [5.74, 6) is 2.81. The number of carbonyl (C=O) groups is 2. The summed E-state index contributed by atoms with van der Waals surface area (Å²) in [4.78, 5) is 25.9. The number of benzene rings is 1. The topological polar surface area (TPSA) is 34.1 Å². The number of ketones is 2. The van der Waals surface area contributed by atoms with Crippen LogP contribution in [0.5, 0.6) is 0 Å². The van der Waals surface area contributed by atoms with Crippen LogP contribution in [-0.4, -0.2) is 11.6 Å². The molecule has 5 atom stereocenters. The molecule has 160 valence electrons. The Balaban J connectivity index is 1.51. The second-order valence-corrected chi connectivity index (χ2v) is 9.69. The lowest BCUT2D eigenvalue weighted by Crippen LogP contribution is -2.35. The SMILES string of the molecule is CCC(c1ccccc1C)C(C)C(=O)CCCC(=O)C1CCCC2CCCCC21. The van der Waals surface area contributed by atoms with E-state index in [0.717, 1.165) is 25.2 Å². The van der Waals surface area contributed by atoms with Crippen LogP contribution in [0.2, 0.25) is 0 Å². The second-order valence-electron chi connectivity index (χ2n) is 9.69. The predicted molar refractivity (Wildman–Crippen MR) is 120 cm³/mol. The highest BCUT2D eigenvalue weighted by molar-refractivity contribution is 5.84. The summed E-state index contributed by atoms with van der Waals surface area (Å²) in [5.41, 5.74) is 2.57. The van der Waals surface area contributed by atoms with E-state index in [9.17, 15) is 9.59 Å². The summed E-state index contributed by atoms with van der Waals surface area (Å²) >= 11 is 0. The number of carbonyl (C=O) groups excluding carboxylic acids is 2. The fourth-order valence-corrected chi connectivity index (χ4v) is 6.26. The smallest absolute Gasteiger partial charge is 0.136 e. The molecule has 3 rings (SSSR count). The molecule has 2 aliphatic rings. The monoisotopic (exact) mass is 396 g/mol. The Hall–Kier alpha value is -1.44. The van der Waals surface area contributed by atoms with Gasteiger partial charge in [-0.1, -0.05) is 70.2 Å². The lowest BCUT2D eigenvalue weighted by Gasteiger charge is -2.40. The zero-order valence-corrected chi connectivity index (χ0v) is 18.8. The van der Waals surface area contributed by atoms with Crippen LogP contribution in [0.4, 0.5) is 0 Å². The van der Waals surface area contributed by atoms with E-state index in [1.54, 1.807) is 0 Å². The fourth-order valence-electron chi connectivity index (χ4n) is 6.26. The lowest BCUT2D eigenvalue weighted by atomic mass is 9.64. The average molecular weight is 397 g/mol. The molecule has 0 aliphatic heterocycles. The predicted octanol–water partition coefficient (Wildman–Crippen LogP) is 7.04. The van der Waals surface area contributed by atoms with Gasteiger partial charge in [0.1, 0.15) is 11.6 Å². The van der Waals surface area contributed by atoms with Gasteiger partial charge in [0.15, 0.2) is 0 Å². The van der Waals surface area contributed by atoms with Gasteiger partial charge in [0, 0.05) is 24.7 Å². The maximum Gasteiger partial charge on any atom is 0.136 e. The van der Waals surface area contributed by atoms with Gasteiger partial charge in [0.05, 0.1) is 0 Å². The quantitative estimate of drug-likeness (QED) is 0.448. The Morgan fingerprint density at radius 3 is 2.48 bits per heavy atom. The third kappa shape index (κ3) is 5.38. The third-order valence-corrected chi connectivity index (χ3v) is 7.97. The summed E-state index contributed by atoms with van der Waals surface area (Å²) < 4.78 is 0. The number of rotatable bonds is 9. The molecule has 0 spiro atoms. The van der Waals surface area contributed by atoms with Gasteiger partial charge in [-0.3, -0.25) is 9.59 Å². The van der Waals surface area contributed by atoms with Crippen molar-refractivity contribution in [3.8, 4) is 0 Å². The van der Waals surface area contributed by atoms with E-state index in [1.807, 2.05) is 0 Å². The fraction of sp³-hybridized carbons (Fsp3) is 0.704. The van der Waals surface area contributed by atoms with E-state index in [4.69, 9.17) is 0 Å². The summed E-state index contributed by atoms with van der Waals surface area (Å²) in [6.07, 6.45) is 11.8. The molecule has 2 fully saturated rings. The lowest BCUT2D eigenvalue weighted by molar-refractivity contribution is -0.127. The molecule has 5 unspecified atom stereocenters. The zero-order valence-electron chi connectivity index (χ0n) is 18.8. The average Bonchev–Trinajstić information content (AvgIpc) is 2.74. The molecule has 2 saturated carbocycles. The molecule has 0 aromatic heterocycles. The molecular formula is C27H40O2. The van der Waals surface area contributed by atoms with Crippen LogP contribution in [0, 0.1) is 30.6 Å². The van der Waals surface area contributed by atoms with Gasteiger partial charge in [-0.05, 0) is 61.5 Å². The number of aryl methyl sites for hydroxylation is 1. The molecule has 0 amide bonds. The Bertz CT molecular complexity index is 690. The minimum Gasteiger partial charge on any atom is -0.299 e. The van der Waals surface area contributed by atoms with Crippen molar-refractivity contribution in [1.29, 1.82) is 0 Å². The van der Waals surface area contributed by atoms with Crippen LogP contribution in [-0.2, 0) is 9.59 Å². The molecular weight excluding hydrogens is 356 g/mol. The molecule has 0 saturated heterocycles. The number of Topliss-reactive ketones (excluding diaryl/α,β-unsaturated/α-hetero) is 2. The Morgan fingerprint density at radius 2 is 1.72 bits per heavy atom. The highest BCUT2D eigenvalue weighted by Gasteiger charge is 2.38. The van der Waals surface area contributed by atoms with E-state index in [0.29, 0.717) is 30.3 Å². The number of hydrogen-bond donors (Lipinski definition) is 0. The van der Waals surface area contributed by atoms with Gasteiger partial charge in [-0.2, -0.15) is 0 Å². The highest BCUT2D eigenvalue weighted by Crippen LogP contribution is 2.44. The minimum absolute atomic E-state index is 0.0219. The largest absolute Gasteiger partial charge is 0.299 e. The Kier molecular flexibility index (Phi) is 8.09. The highest BCUT2D eigenvalue weighted by atomic mass is 16.1. The van der Waals surface area contributed by atoms with Crippen molar-refractivity contribution in [3.05, 3.63) is 35.4 Å². The van der Waals surface area contributed by atoms with E-state index >= 15 is 0 Å². The van der Waals surface area contributed by atoms with E-state index < -0.39 is 0 Å².